The van der Waals surface area contributed by atoms with E-state index >= 15 is 0 Å². The molecule has 4 rings (SSSR count). The lowest BCUT2D eigenvalue weighted by molar-refractivity contribution is 0.0942. The molecule has 0 fully saturated rings. The summed E-state index contributed by atoms with van der Waals surface area (Å²) < 4.78 is 22.8. The average molecular weight is 559 g/mol. The fraction of sp³-hybridized carbons (Fsp3) is 0.172. The predicted octanol–water partition coefficient (Wildman–Crippen LogP) is 4.10. The predicted molar refractivity (Wildman–Crippen MR) is 153 cm³/mol. The third-order valence-electron chi connectivity index (χ3n) is 5.38. The highest BCUT2D eigenvalue weighted by Crippen LogP contribution is 2.32. The van der Waals surface area contributed by atoms with Gasteiger partial charge in [0.25, 0.3) is 11.8 Å². The molecule has 0 saturated carbocycles. The highest BCUT2D eigenvalue weighted by atomic mass is 16.5. The van der Waals surface area contributed by atoms with Crippen LogP contribution < -0.4 is 31.6 Å². The number of carbonyl (C=O) groups is 2. The molecule has 0 atom stereocenters. The molecule has 0 bridgehead atoms. The van der Waals surface area contributed by atoms with Crippen LogP contribution in [0, 0.1) is 0 Å². The number of nitrogens with one attached hydrogen (secondary N) is 2. The summed E-state index contributed by atoms with van der Waals surface area (Å²) in [4.78, 5) is 25.1. The Balaban J connectivity index is 1.37. The Morgan fingerprint density at radius 2 is 1.22 bits per heavy atom. The van der Waals surface area contributed by atoms with Crippen molar-refractivity contribution in [3.63, 3.8) is 0 Å². The van der Waals surface area contributed by atoms with Crippen LogP contribution in [0.4, 0.5) is 0 Å². The molecule has 4 aromatic rings. The topological polar surface area (TPSA) is 180 Å². The van der Waals surface area contributed by atoms with E-state index in [1.54, 1.807) is 18.2 Å². The van der Waals surface area contributed by atoms with Gasteiger partial charge in [-0.05, 0) is 69.3 Å². The summed E-state index contributed by atoms with van der Waals surface area (Å²) in [6.45, 7) is 6.18. The van der Waals surface area contributed by atoms with Gasteiger partial charge in [-0.1, -0.05) is 24.3 Å². The van der Waals surface area contributed by atoms with Crippen molar-refractivity contribution < 1.29 is 27.9 Å². The molecule has 0 spiro atoms. The number of amides is 2. The van der Waals surface area contributed by atoms with Crippen molar-refractivity contribution in [1.29, 1.82) is 0 Å². The van der Waals surface area contributed by atoms with Gasteiger partial charge in [0, 0.05) is 0 Å². The zero-order valence-electron chi connectivity index (χ0n) is 22.7. The molecule has 41 heavy (non-hydrogen) atoms. The summed E-state index contributed by atoms with van der Waals surface area (Å²) in [6.07, 6.45) is -0.0395. The quantitative estimate of drug-likeness (QED) is 0.135. The van der Waals surface area contributed by atoms with Crippen molar-refractivity contribution >= 4 is 23.7 Å². The molecule has 0 aliphatic heterocycles. The Hall–Kier alpha value is -5.52. The van der Waals surface area contributed by atoms with Gasteiger partial charge in [-0.25, -0.2) is 0 Å². The number of rotatable bonds is 9. The second-order valence-electron chi connectivity index (χ2n) is 8.80. The van der Waals surface area contributed by atoms with E-state index in [-0.39, 0.29) is 29.5 Å². The maximum Gasteiger partial charge on any atom is 0.293 e. The molecule has 212 valence electrons. The molecule has 12 heteroatoms. The number of benzene rings is 2. The number of nitrogens with zero attached hydrogens (tertiary/aromatic N) is 2. The van der Waals surface area contributed by atoms with Gasteiger partial charge >= 0.3 is 0 Å². The van der Waals surface area contributed by atoms with E-state index < -0.39 is 11.8 Å². The summed E-state index contributed by atoms with van der Waals surface area (Å²) in [6, 6.07) is 20.9. The molecule has 0 radical (unpaired) electrons. The van der Waals surface area contributed by atoms with E-state index in [0.29, 0.717) is 40.8 Å². The van der Waals surface area contributed by atoms with E-state index in [9.17, 15) is 9.59 Å². The van der Waals surface area contributed by atoms with Gasteiger partial charge in [0.15, 0.2) is 11.5 Å². The molecule has 0 aliphatic carbocycles. The lowest BCUT2D eigenvalue weighted by atomic mass is 10.1. The zero-order valence-corrected chi connectivity index (χ0v) is 22.7. The van der Waals surface area contributed by atoms with Gasteiger partial charge < -0.3 is 29.8 Å². The van der Waals surface area contributed by atoms with Crippen molar-refractivity contribution in [2.24, 2.45) is 21.7 Å². The smallest absolute Gasteiger partial charge is 0.293 e. The lowest BCUT2D eigenvalue weighted by Gasteiger charge is -2.12. The first-order valence-electron chi connectivity index (χ1n) is 12.7. The summed E-state index contributed by atoms with van der Waals surface area (Å²) >= 11 is 0. The highest BCUT2D eigenvalue weighted by Gasteiger charge is 2.17. The van der Waals surface area contributed by atoms with Gasteiger partial charge in [0.2, 0.25) is 11.9 Å². The van der Waals surface area contributed by atoms with E-state index in [1.807, 2.05) is 63.2 Å². The molecule has 2 amide bonds. The van der Waals surface area contributed by atoms with E-state index in [0.717, 1.165) is 0 Å². The third kappa shape index (κ3) is 7.32. The molecule has 0 unspecified atom stereocenters. The minimum atomic E-state index is -0.659. The second-order valence-corrected chi connectivity index (χ2v) is 8.80. The van der Waals surface area contributed by atoms with Crippen molar-refractivity contribution in [2.45, 2.75) is 26.9 Å². The highest BCUT2D eigenvalue weighted by molar-refractivity contribution is 6.05. The Kier molecular flexibility index (Phi) is 9.05. The molecule has 2 aromatic carbocycles. The van der Waals surface area contributed by atoms with Gasteiger partial charge in [-0.3, -0.25) is 20.2 Å². The normalized spacial score (nSPS) is 11.8. The fourth-order valence-electron chi connectivity index (χ4n) is 3.70. The van der Waals surface area contributed by atoms with Crippen LogP contribution >= 0.6 is 0 Å². The molecule has 12 nitrogen and oxygen atoms in total. The molecule has 6 N–H and O–H groups in total. The van der Waals surface area contributed by atoms with Crippen molar-refractivity contribution in [3.05, 3.63) is 84.3 Å². The van der Waals surface area contributed by atoms with Gasteiger partial charge in [-0.15, -0.1) is 10.2 Å². The minimum absolute atomic E-state index is 0.0105. The van der Waals surface area contributed by atoms with Crippen LogP contribution in [-0.2, 0) is 0 Å². The lowest BCUT2D eigenvalue weighted by Crippen LogP contribution is -2.38. The Morgan fingerprint density at radius 1 is 0.756 bits per heavy atom. The number of hydrogen-bond donors (Lipinski definition) is 4. The monoisotopic (exact) mass is 558 g/mol. The van der Waals surface area contributed by atoms with Crippen LogP contribution in [0.1, 0.15) is 41.9 Å². The maximum atomic E-state index is 12.6. The first-order chi connectivity index (χ1) is 19.7. The van der Waals surface area contributed by atoms with Crippen LogP contribution in [0.15, 0.2) is 91.8 Å². The second kappa shape index (κ2) is 13.0. The van der Waals surface area contributed by atoms with Gasteiger partial charge in [0.1, 0.15) is 23.0 Å². The Labute approximate surface area is 236 Å². The van der Waals surface area contributed by atoms with Crippen LogP contribution in [0.2, 0.25) is 0 Å². The minimum Gasteiger partial charge on any atom is -0.493 e. The number of carbonyl (C=O) groups excluding carboxylic acids is 2. The molecular weight excluding hydrogens is 528 g/mol. The number of para-hydroxylation sites is 2. The first-order valence-corrected chi connectivity index (χ1v) is 12.7. The molecule has 0 saturated heterocycles. The summed E-state index contributed by atoms with van der Waals surface area (Å²) in [5.41, 5.74) is 12.9. The molecule has 0 aliphatic rings. The largest absolute Gasteiger partial charge is 0.493 e. The van der Waals surface area contributed by atoms with Crippen molar-refractivity contribution in [2.75, 3.05) is 6.61 Å². The number of nitrogens with two attached hydrogens (primary N) is 2. The Bertz CT molecular complexity index is 1590. The summed E-state index contributed by atoms with van der Waals surface area (Å²) in [5.74, 6) is 0.0420. The SMILES string of the molecule is CCOc1ccccc1-c1ccc(C(=O)NC(N)=NN=C(N)NC(=O)c2ccc(-c3ccccc3OC(C)C)o2)o1. The van der Waals surface area contributed by atoms with Crippen LogP contribution in [0.3, 0.4) is 0 Å². The average Bonchev–Trinajstić information content (AvgIpc) is 3.63. The van der Waals surface area contributed by atoms with Crippen LogP contribution in [0.25, 0.3) is 22.6 Å². The fourth-order valence-corrected chi connectivity index (χ4v) is 3.70. The van der Waals surface area contributed by atoms with E-state index in [4.69, 9.17) is 29.8 Å². The molecule has 2 heterocycles. The molecule has 2 aromatic heterocycles. The number of hydrogen-bond acceptors (Lipinski definition) is 8. The number of guanidine groups is 2. The summed E-state index contributed by atoms with van der Waals surface area (Å²) in [5, 5.41) is 12.0. The number of furan rings is 2. The van der Waals surface area contributed by atoms with Crippen molar-refractivity contribution in [1.82, 2.24) is 10.6 Å². The standard InChI is InChI=1S/C29H30N6O6/c1-4-38-20-11-7-5-9-18(20)22-13-15-24(40-22)26(36)32-28(30)34-35-29(31)33-27(37)25-16-14-23(41-25)19-10-6-8-12-21(19)39-17(2)3/h5-17H,4H2,1-3H3,(H3,30,32,34,36)(H3,31,33,35,37). The van der Waals surface area contributed by atoms with Crippen LogP contribution in [0.5, 0.6) is 11.5 Å². The van der Waals surface area contributed by atoms with Gasteiger partial charge in [0.05, 0.1) is 23.8 Å². The van der Waals surface area contributed by atoms with E-state index in [2.05, 4.69) is 20.8 Å². The molecular formula is C29H30N6O6. The summed E-state index contributed by atoms with van der Waals surface area (Å²) in [7, 11) is 0. The van der Waals surface area contributed by atoms with Crippen molar-refractivity contribution in [3.8, 4) is 34.1 Å². The zero-order chi connectivity index (χ0) is 29.4. The Morgan fingerprint density at radius 3 is 1.71 bits per heavy atom. The van der Waals surface area contributed by atoms with Crippen LogP contribution in [-0.4, -0.2) is 36.4 Å². The van der Waals surface area contributed by atoms with E-state index in [1.165, 1.54) is 12.1 Å². The first kappa shape index (κ1) is 28.5. The number of ether oxygens (including phenoxy) is 2. The maximum absolute atomic E-state index is 12.6. The third-order valence-corrected chi connectivity index (χ3v) is 5.38. The van der Waals surface area contributed by atoms with Gasteiger partial charge in [-0.2, -0.15) is 0 Å².